The van der Waals surface area contributed by atoms with Gasteiger partial charge in [0, 0.05) is 17.6 Å². The van der Waals surface area contributed by atoms with Crippen molar-refractivity contribution in [3.05, 3.63) is 64.2 Å². The molecule has 1 atom stereocenters. The summed E-state index contributed by atoms with van der Waals surface area (Å²) in [6, 6.07) is 12.7. The largest absolute Gasteiger partial charge is 0.483 e. The molecule has 1 aliphatic carbocycles. The maximum absolute atomic E-state index is 13.2. The Hall–Kier alpha value is -2.53. The first-order valence-corrected chi connectivity index (χ1v) is 11.8. The van der Waals surface area contributed by atoms with E-state index in [1.807, 2.05) is 50.2 Å². The highest BCUT2D eigenvalue weighted by atomic mass is 35.5. The molecule has 2 amide bonds. The minimum atomic E-state index is -0.620. The Kier molecular flexibility index (Phi) is 8.57. The first-order chi connectivity index (χ1) is 15.3. The standard InChI is InChI=1S/C26H33ClN2O3/c1-18-9-7-14-24(19(18)2)32-17-25(30)29(16-21-10-8-11-22(27)15-21)20(3)26(31)28-23-12-5-4-6-13-23/h7-11,14-15,20,23H,4-6,12-13,16-17H2,1-3H3,(H,28,31)/t20-/m0/s1. The number of ether oxygens (including phenoxy) is 1. The van der Waals surface area contributed by atoms with E-state index in [1.165, 1.54) is 6.42 Å². The van der Waals surface area contributed by atoms with E-state index in [0.717, 1.165) is 42.4 Å². The molecule has 2 aromatic carbocycles. The highest BCUT2D eigenvalue weighted by molar-refractivity contribution is 6.30. The van der Waals surface area contributed by atoms with Crippen LogP contribution < -0.4 is 10.1 Å². The predicted molar refractivity (Wildman–Crippen MR) is 128 cm³/mol. The van der Waals surface area contributed by atoms with Crippen molar-refractivity contribution < 1.29 is 14.3 Å². The zero-order chi connectivity index (χ0) is 23.1. The Morgan fingerprint density at radius 2 is 1.84 bits per heavy atom. The fourth-order valence-corrected chi connectivity index (χ4v) is 4.30. The second kappa shape index (κ2) is 11.4. The smallest absolute Gasteiger partial charge is 0.261 e. The van der Waals surface area contributed by atoms with Crippen LogP contribution in [-0.4, -0.2) is 35.4 Å². The highest BCUT2D eigenvalue weighted by Crippen LogP contribution is 2.22. The van der Waals surface area contributed by atoms with Gasteiger partial charge in [-0.1, -0.05) is 55.1 Å². The summed E-state index contributed by atoms with van der Waals surface area (Å²) in [4.78, 5) is 27.8. The normalized spacial score (nSPS) is 15.1. The van der Waals surface area contributed by atoms with Crippen LogP contribution in [0, 0.1) is 13.8 Å². The van der Waals surface area contributed by atoms with Gasteiger partial charge in [0.25, 0.3) is 5.91 Å². The van der Waals surface area contributed by atoms with Crippen molar-refractivity contribution in [1.29, 1.82) is 0 Å². The summed E-state index contributed by atoms with van der Waals surface area (Å²) in [6.45, 7) is 5.91. The number of nitrogens with one attached hydrogen (secondary N) is 1. The second-order valence-electron chi connectivity index (χ2n) is 8.66. The number of carbonyl (C=O) groups excluding carboxylic acids is 2. The van der Waals surface area contributed by atoms with Gasteiger partial charge in [0.2, 0.25) is 5.91 Å². The zero-order valence-electron chi connectivity index (χ0n) is 19.2. The van der Waals surface area contributed by atoms with E-state index in [9.17, 15) is 9.59 Å². The fraction of sp³-hybridized carbons (Fsp3) is 0.462. The lowest BCUT2D eigenvalue weighted by atomic mass is 9.95. The van der Waals surface area contributed by atoms with Crippen LogP contribution in [0.2, 0.25) is 5.02 Å². The van der Waals surface area contributed by atoms with E-state index >= 15 is 0 Å². The first kappa shape index (κ1) is 24.1. The van der Waals surface area contributed by atoms with Crippen LogP contribution in [0.1, 0.15) is 55.7 Å². The molecule has 5 nitrogen and oxygen atoms in total. The topological polar surface area (TPSA) is 58.6 Å². The maximum atomic E-state index is 13.2. The predicted octanol–water partition coefficient (Wildman–Crippen LogP) is 5.20. The molecule has 1 aliphatic rings. The summed E-state index contributed by atoms with van der Waals surface area (Å²) in [5, 5.41) is 3.74. The second-order valence-corrected chi connectivity index (χ2v) is 9.09. The fourth-order valence-electron chi connectivity index (χ4n) is 4.09. The van der Waals surface area contributed by atoms with Gasteiger partial charge in [0.1, 0.15) is 11.8 Å². The van der Waals surface area contributed by atoms with Gasteiger partial charge in [-0.05, 0) is 68.5 Å². The minimum Gasteiger partial charge on any atom is -0.483 e. The number of halogens is 1. The van der Waals surface area contributed by atoms with Gasteiger partial charge in [-0.15, -0.1) is 0 Å². The average Bonchev–Trinajstić information content (AvgIpc) is 2.78. The lowest BCUT2D eigenvalue weighted by Crippen LogP contribution is -2.51. The van der Waals surface area contributed by atoms with Crippen LogP contribution in [-0.2, 0) is 16.1 Å². The Balaban J connectivity index is 1.73. The van der Waals surface area contributed by atoms with Crippen molar-refractivity contribution in [2.75, 3.05) is 6.61 Å². The monoisotopic (exact) mass is 456 g/mol. The van der Waals surface area contributed by atoms with Gasteiger partial charge in [-0.3, -0.25) is 9.59 Å². The molecule has 1 fully saturated rings. The van der Waals surface area contributed by atoms with E-state index in [1.54, 1.807) is 17.9 Å². The van der Waals surface area contributed by atoms with Crippen molar-refractivity contribution in [3.63, 3.8) is 0 Å². The molecule has 1 saturated carbocycles. The van der Waals surface area contributed by atoms with Crippen molar-refractivity contribution in [1.82, 2.24) is 10.2 Å². The number of carbonyl (C=O) groups is 2. The van der Waals surface area contributed by atoms with Gasteiger partial charge >= 0.3 is 0 Å². The molecule has 3 rings (SSSR count). The number of aryl methyl sites for hydroxylation is 1. The summed E-state index contributed by atoms with van der Waals surface area (Å²) in [5.74, 6) is 0.316. The van der Waals surface area contributed by atoms with Crippen LogP contribution in [0.4, 0.5) is 0 Å². The third kappa shape index (κ3) is 6.49. The van der Waals surface area contributed by atoms with Crippen molar-refractivity contribution in [2.24, 2.45) is 0 Å². The van der Waals surface area contributed by atoms with E-state index in [4.69, 9.17) is 16.3 Å². The maximum Gasteiger partial charge on any atom is 0.261 e. The summed E-state index contributed by atoms with van der Waals surface area (Å²) < 4.78 is 5.85. The third-order valence-electron chi connectivity index (χ3n) is 6.27. The number of rotatable bonds is 8. The molecule has 0 bridgehead atoms. The molecular formula is C26H33ClN2O3. The van der Waals surface area contributed by atoms with Crippen LogP contribution >= 0.6 is 11.6 Å². The van der Waals surface area contributed by atoms with Crippen molar-refractivity contribution in [2.45, 2.75) is 71.5 Å². The van der Waals surface area contributed by atoms with Gasteiger partial charge in [-0.2, -0.15) is 0 Å². The Labute approximate surface area is 196 Å². The van der Waals surface area contributed by atoms with E-state index in [2.05, 4.69) is 5.32 Å². The molecule has 0 unspecified atom stereocenters. The highest BCUT2D eigenvalue weighted by Gasteiger charge is 2.28. The van der Waals surface area contributed by atoms with E-state index in [0.29, 0.717) is 10.8 Å². The molecule has 1 N–H and O–H groups in total. The zero-order valence-corrected chi connectivity index (χ0v) is 20.0. The Morgan fingerprint density at radius 1 is 1.12 bits per heavy atom. The van der Waals surface area contributed by atoms with Gasteiger partial charge in [0.05, 0.1) is 0 Å². The summed E-state index contributed by atoms with van der Waals surface area (Å²) in [7, 11) is 0. The molecule has 0 radical (unpaired) electrons. The van der Waals surface area contributed by atoms with Crippen LogP contribution in [0.3, 0.4) is 0 Å². The molecule has 32 heavy (non-hydrogen) atoms. The number of nitrogens with zero attached hydrogens (tertiary/aromatic N) is 1. The molecule has 6 heteroatoms. The first-order valence-electron chi connectivity index (χ1n) is 11.4. The quantitative estimate of drug-likeness (QED) is 0.593. The molecule has 0 aliphatic heterocycles. The van der Waals surface area contributed by atoms with Gasteiger partial charge < -0.3 is 15.0 Å². The summed E-state index contributed by atoms with van der Waals surface area (Å²) in [6.07, 6.45) is 5.48. The van der Waals surface area contributed by atoms with Crippen LogP contribution in [0.5, 0.6) is 5.75 Å². The van der Waals surface area contributed by atoms with Crippen LogP contribution in [0.15, 0.2) is 42.5 Å². The molecule has 0 saturated heterocycles. The SMILES string of the molecule is Cc1cccc(OCC(=O)N(Cc2cccc(Cl)c2)[C@@H](C)C(=O)NC2CCCCC2)c1C. The lowest BCUT2D eigenvalue weighted by molar-refractivity contribution is -0.142. The van der Waals surface area contributed by atoms with Crippen LogP contribution in [0.25, 0.3) is 0 Å². The van der Waals surface area contributed by atoms with Gasteiger partial charge in [-0.25, -0.2) is 0 Å². The molecule has 2 aromatic rings. The molecular weight excluding hydrogens is 424 g/mol. The van der Waals surface area contributed by atoms with E-state index in [-0.39, 0.29) is 31.0 Å². The summed E-state index contributed by atoms with van der Waals surface area (Å²) in [5.41, 5.74) is 2.98. The number of amides is 2. The molecule has 172 valence electrons. The van der Waals surface area contributed by atoms with Gasteiger partial charge in [0.15, 0.2) is 6.61 Å². The number of benzene rings is 2. The number of hydrogen-bond donors (Lipinski definition) is 1. The Bertz CT molecular complexity index is 940. The third-order valence-corrected chi connectivity index (χ3v) is 6.50. The molecule has 0 aromatic heterocycles. The Morgan fingerprint density at radius 3 is 2.56 bits per heavy atom. The minimum absolute atomic E-state index is 0.126. The number of hydrogen-bond acceptors (Lipinski definition) is 3. The van der Waals surface area contributed by atoms with E-state index < -0.39 is 6.04 Å². The van der Waals surface area contributed by atoms with Crippen molar-refractivity contribution in [3.8, 4) is 5.75 Å². The lowest BCUT2D eigenvalue weighted by Gasteiger charge is -2.31. The molecule has 0 spiro atoms. The average molecular weight is 457 g/mol. The summed E-state index contributed by atoms with van der Waals surface area (Å²) >= 11 is 6.14. The van der Waals surface area contributed by atoms with Crippen molar-refractivity contribution >= 4 is 23.4 Å². The molecule has 0 heterocycles.